The topological polar surface area (TPSA) is 137 Å². The predicted octanol–water partition coefficient (Wildman–Crippen LogP) is 5.18. The van der Waals surface area contributed by atoms with Gasteiger partial charge < -0.3 is 14.7 Å². The van der Waals surface area contributed by atoms with Gasteiger partial charge in [0.1, 0.15) is 29.5 Å². The van der Waals surface area contributed by atoms with E-state index in [1.54, 1.807) is 23.1 Å². The van der Waals surface area contributed by atoms with Gasteiger partial charge in [-0.2, -0.15) is 0 Å². The molecule has 5 amide bonds. The van der Waals surface area contributed by atoms with Crippen LogP contribution in [0, 0.1) is 5.82 Å². The van der Waals surface area contributed by atoms with E-state index in [4.69, 9.17) is 4.74 Å². The van der Waals surface area contributed by atoms with Crippen LogP contribution in [0.5, 0.6) is 11.5 Å². The summed E-state index contributed by atoms with van der Waals surface area (Å²) in [4.78, 5) is 69.1. The zero-order chi connectivity index (χ0) is 38.7. The number of amides is 5. The van der Waals surface area contributed by atoms with Crippen molar-refractivity contribution in [2.75, 3.05) is 19.6 Å². The molecule has 286 valence electrons. The smallest absolute Gasteiger partial charge is 0.262 e. The number of hydrogen-bond donors (Lipinski definition) is 2. The van der Waals surface area contributed by atoms with E-state index in [2.05, 4.69) is 22.3 Å². The van der Waals surface area contributed by atoms with Crippen LogP contribution in [0.25, 0.3) is 0 Å². The molecule has 4 aliphatic heterocycles. The fourth-order valence-corrected chi connectivity index (χ4v) is 9.32. The molecule has 11 nitrogen and oxygen atoms in total. The van der Waals surface area contributed by atoms with E-state index in [1.807, 2.05) is 36.4 Å². The fourth-order valence-electron chi connectivity index (χ4n) is 9.32. The van der Waals surface area contributed by atoms with Crippen LogP contribution in [0.4, 0.5) is 4.39 Å². The number of ether oxygens (including phenoxy) is 1. The van der Waals surface area contributed by atoms with Gasteiger partial charge in [0.25, 0.3) is 11.8 Å². The van der Waals surface area contributed by atoms with E-state index in [0.29, 0.717) is 19.6 Å². The number of nitrogens with one attached hydrogen (secondary N) is 1. The number of aryl methyl sites for hydroxylation is 1. The summed E-state index contributed by atoms with van der Waals surface area (Å²) in [5.41, 5.74) is 6.50. The maximum absolute atomic E-state index is 13.8. The van der Waals surface area contributed by atoms with Crippen LogP contribution in [-0.4, -0.2) is 81.1 Å². The molecule has 0 aromatic heterocycles. The van der Waals surface area contributed by atoms with E-state index in [9.17, 15) is 33.5 Å². The van der Waals surface area contributed by atoms with E-state index in [1.165, 1.54) is 12.1 Å². The van der Waals surface area contributed by atoms with Gasteiger partial charge in [-0.15, -0.1) is 0 Å². The Bertz CT molecular complexity index is 2230. The molecule has 4 heterocycles. The van der Waals surface area contributed by atoms with Crippen molar-refractivity contribution in [3.63, 3.8) is 0 Å². The highest BCUT2D eigenvalue weighted by molar-refractivity contribution is 6.23. The molecule has 1 aliphatic carbocycles. The van der Waals surface area contributed by atoms with Gasteiger partial charge in [-0.1, -0.05) is 30.3 Å². The molecule has 4 aromatic carbocycles. The minimum Gasteiger partial charge on any atom is -0.508 e. The van der Waals surface area contributed by atoms with Gasteiger partial charge in [0.05, 0.1) is 17.7 Å². The second kappa shape index (κ2) is 14.3. The highest BCUT2D eigenvalue weighted by Gasteiger charge is 2.45. The van der Waals surface area contributed by atoms with E-state index in [-0.39, 0.29) is 65.9 Å². The van der Waals surface area contributed by atoms with Gasteiger partial charge in [0.15, 0.2) is 0 Å². The molecule has 0 unspecified atom stereocenters. The first-order valence-electron chi connectivity index (χ1n) is 19.3. The number of piperidine rings is 2. The lowest BCUT2D eigenvalue weighted by Gasteiger charge is -2.35. The molecular weight excluding hydrogens is 716 g/mol. The number of carbonyl (C=O) groups excluding carboxylic acids is 5. The van der Waals surface area contributed by atoms with Crippen molar-refractivity contribution in [2.24, 2.45) is 0 Å². The number of benzene rings is 4. The Hall–Kier alpha value is -5.88. The molecule has 2 fully saturated rings. The Morgan fingerprint density at radius 3 is 2.20 bits per heavy atom. The number of hydrogen-bond acceptors (Lipinski definition) is 8. The largest absolute Gasteiger partial charge is 0.508 e. The molecule has 56 heavy (non-hydrogen) atoms. The van der Waals surface area contributed by atoms with E-state index >= 15 is 0 Å². The van der Waals surface area contributed by atoms with Crippen LogP contribution >= 0.6 is 0 Å². The number of carbonyl (C=O) groups is 5. The molecule has 2 N–H and O–H groups in total. The standard InChI is InChI=1S/C44H41FN4O7/c45-30-8-3-25(4-9-30)34-13-7-27-18-31(50)10-14-35(27)41(34)26-5-11-32(12-6-26)56-33-2-1-17-47(23-33)24-40(52)48-21-28-19-36-37(20-29(28)22-48)44(55)49(43(36)54)38-15-16-39(51)46-42(38)53/h3-6,8-12,14,18-20,33-34,38,41,50H,1-2,7,13,15-17,21-24H2,(H,46,51,53)/t33-,34+,38+,41-/m0/s1. The van der Waals surface area contributed by atoms with Gasteiger partial charge in [0.2, 0.25) is 17.7 Å². The number of nitrogens with zero attached hydrogens (tertiary/aromatic N) is 3. The normalized spacial score (nSPS) is 23.4. The highest BCUT2D eigenvalue weighted by Crippen LogP contribution is 2.47. The second-order valence-corrected chi connectivity index (χ2v) is 15.6. The number of phenolic OH excluding ortho intramolecular Hbond substituents is 1. The van der Waals surface area contributed by atoms with Crippen molar-refractivity contribution in [3.05, 3.63) is 129 Å². The molecule has 5 aliphatic rings. The van der Waals surface area contributed by atoms with Gasteiger partial charge >= 0.3 is 0 Å². The van der Waals surface area contributed by atoms with Crippen molar-refractivity contribution in [1.82, 2.24) is 20.0 Å². The van der Waals surface area contributed by atoms with Crippen LogP contribution in [0.3, 0.4) is 0 Å². The molecule has 0 radical (unpaired) electrons. The number of aromatic hydroxyl groups is 1. The molecule has 4 aromatic rings. The maximum atomic E-state index is 13.8. The minimum absolute atomic E-state index is 0.0290. The maximum Gasteiger partial charge on any atom is 0.262 e. The predicted molar refractivity (Wildman–Crippen MR) is 201 cm³/mol. The van der Waals surface area contributed by atoms with Crippen LogP contribution < -0.4 is 10.1 Å². The fraction of sp³-hybridized carbons (Fsp3) is 0.341. The average molecular weight is 757 g/mol. The molecule has 4 atom stereocenters. The van der Waals surface area contributed by atoms with Gasteiger partial charge in [0, 0.05) is 32.0 Å². The Morgan fingerprint density at radius 2 is 1.50 bits per heavy atom. The number of fused-ring (bicyclic) bond motifs is 3. The Balaban J connectivity index is 0.831. The first-order valence-corrected chi connectivity index (χ1v) is 19.3. The van der Waals surface area contributed by atoms with E-state index in [0.717, 1.165) is 76.3 Å². The lowest BCUT2D eigenvalue weighted by molar-refractivity contribution is -0.136. The lowest BCUT2D eigenvalue weighted by Crippen LogP contribution is -2.54. The van der Waals surface area contributed by atoms with Crippen LogP contribution in [0.2, 0.25) is 0 Å². The molecular formula is C44H41FN4O7. The van der Waals surface area contributed by atoms with Crippen molar-refractivity contribution < 1.29 is 38.2 Å². The number of phenols is 1. The summed E-state index contributed by atoms with van der Waals surface area (Å²) in [6.45, 7) is 2.20. The van der Waals surface area contributed by atoms with Crippen LogP contribution in [0.15, 0.2) is 78.9 Å². The van der Waals surface area contributed by atoms with Crippen molar-refractivity contribution in [2.45, 2.75) is 75.6 Å². The third-order valence-electron chi connectivity index (χ3n) is 12.1. The van der Waals surface area contributed by atoms with Gasteiger partial charge in [-0.3, -0.25) is 39.1 Å². The summed E-state index contributed by atoms with van der Waals surface area (Å²) in [6, 6.07) is 22.8. The van der Waals surface area contributed by atoms with E-state index < -0.39 is 29.7 Å². The summed E-state index contributed by atoms with van der Waals surface area (Å²) in [5, 5.41) is 12.4. The third-order valence-corrected chi connectivity index (χ3v) is 12.1. The number of rotatable bonds is 7. The zero-order valence-corrected chi connectivity index (χ0v) is 30.7. The molecule has 9 rings (SSSR count). The minimum atomic E-state index is -1.02. The summed E-state index contributed by atoms with van der Waals surface area (Å²) in [7, 11) is 0. The number of halogens is 1. The van der Waals surface area contributed by atoms with Crippen molar-refractivity contribution in [3.8, 4) is 11.5 Å². The Labute approximate surface area is 323 Å². The molecule has 0 spiro atoms. The monoisotopic (exact) mass is 756 g/mol. The van der Waals surface area contributed by atoms with Crippen molar-refractivity contribution in [1.29, 1.82) is 0 Å². The third kappa shape index (κ3) is 6.61. The molecule has 0 saturated carbocycles. The summed E-state index contributed by atoms with van der Waals surface area (Å²) in [6.07, 6.45) is 3.48. The van der Waals surface area contributed by atoms with Crippen LogP contribution in [-0.2, 0) is 33.9 Å². The zero-order valence-electron chi connectivity index (χ0n) is 30.7. The number of imide groups is 2. The Morgan fingerprint density at radius 1 is 0.804 bits per heavy atom. The highest BCUT2D eigenvalue weighted by atomic mass is 19.1. The SMILES string of the molecule is O=C1CC[C@@H](N2C(=O)c3cc4c(cc3C2=O)CN(C(=O)CN2CCC[C@H](Oc3ccc([C@@H]5c6ccc(O)cc6CC[C@@H]5c5ccc(F)cc5)cc3)C2)C4)C(=O)N1. The average Bonchev–Trinajstić information content (AvgIpc) is 3.72. The molecule has 0 bridgehead atoms. The first kappa shape index (κ1) is 35.8. The van der Waals surface area contributed by atoms with Gasteiger partial charge in [-0.05, 0) is 126 Å². The summed E-state index contributed by atoms with van der Waals surface area (Å²) >= 11 is 0. The quantitative estimate of drug-likeness (QED) is 0.247. The molecule has 2 saturated heterocycles. The Kier molecular flexibility index (Phi) is 9.15. The second-order valence-electron chi connectivity index (χ2n) is 15.6. The lowest BCUT2D eigenvalue weighted by atomic mass is 9.69. The summed E-state index contributed by atoms with van der Waals surface area (Å²) < 4.78 is 20.3. The number of likely N-dealkylation sites (tertiary alicyclic amines) is 1. The van der Waals surface area contributed by atoms with Crippen molar-refractivity contribution >= 4 is 29.5 Å². The van der Waals surface area contributed by atoms with Crippen LogP contribution in [0.1, 0.15) is 98.0 Å². The molecule has 12 heteroatoms. The summed E-state index contributed by atoms with van der Waals surface area (Å²) in [5.74, 6) is -1.33. The first-order chi connectivity index (χ1) is 27.1. The van der Waals surface area contributed by atoms with Gasteiger partial charge in [-0.25, -0.2) is 4.39 Å².